The molecule has 0 aliphatic carbocycles. The molecule has 28 valence electrons. The Hall–Kier alpha value is -0.180. The van der Waals surface area contributed by atoms with Crippen LogP contribution in [0.5, 0.6) is 0 Å². The van der Waals surface area contributed by atoms with E-state index in [9.17, 15) is 4.79 Å². The van der Waals surface area contributed by atoms with Crippen LogP contribution >= 0.6 is 11.9 Å². The van der Waals surface area contributed by atoms with Gasteiger partial charge in [0.25, 0.3) is 0 Å². The smallest absolute Gasteiger partial charge is 0.271 e. The molecule has 1 heterocycles. The van der Waals surface area contributed by atoms with E-state index < -0.39 is 0 Å². The summed E-state index contributed by atoms with van der Waals surface area (Å²) in [7, 11) is 1.74. The predicted octanol–water partition coefficient (Wildman–Crippen LogP) is 0.700. The fourth-order valence-corrected chi connectivity index (χ4v) is 0.290. The van der Waals surface area contributed by atoms with Crippen molar-refractivity contribution in [3.8, 4) is 0 Å². The summed E-state index contributed by atoms with van der Waals surface area (Å²) in [6, 6.07) is 0. The van der Waals surface area contributed by atoms with Crippen LogP contribution < -0.4 is 0 Å². The van der Waals surface area contributed by atoms with Crippen molar-refractivity contribution in [2.45, 2.75) is 0 Å². The predicted molar refractivity (Wildman–Crippen MR) is 20.7 cm³/mol. The van der Waals surface area contributed by atoms with Crippen molar-refractivity contribution in [1.82, 2.24) is 4.31 Å². The summed E-state index contributed by atoms with van der Waals surface area (Å²) in [4.78, 5) is 9.78. The molecule has 0 spiro atoms. The van der Waals surface area contributed by atoms with Crippen molar-refractivity contribution in [2.75, 3.05) is 7.05 Å². The highest BCUT2D eigenvalue weighted by molar-refractivity contribution is 8.21. The molecule has 5 heavy (non-hydrogen) atoms. The first-order valence-corrected chi connectivity index (χ1v) is 2.04. The van der Waals surface area contributed by atoms with Crippen LogP contribution in [-0.4, -0.2) is 16.6 Å². The summed E-state index contributed by atoms with van der Waals surface area (Å²) < 4.78 is 1.57. The van der Waals surface area contributed by atoms with Gasteiger partial charge in [0, 0.05) is 7.05 Å². The molecule has 1 saturated heterocycles. The van der Waals surface area contributed by atoms with Crippen molar-refractivity contribution in [3.63, 3.8) is 0 Å². The second kappa shape index (κ2) is 0.653. The lowest BCUT2D eigenvalue weighted by Crippen LogP contribution is -1.77. The molecule has 2 nitrogen and oxygen atoms in total. The first kappa shape index (κ1) is 3.03. The molecule has 0 bridgehead atoms. The van der Waals surface area contributed by atoms with Crippen molar-refractivity contribution in [3.05, 3.63) is 0 Å². The molecule has 0 atom stereocenters. The molecule has 0 unspecified atom stereocenters. The Morgan fingerprint density at radius 1 is 2.00 bits per heavy atom. The zero-order valence-electron chi connectivity index (χ0n) is 2.76. The number of carbonyl (C=O) groups is 1. The molecule has 0 saturated carbocycles. The van der Waals surface area contributed by atoms with Crippen molar-refractivity contribution in [2.24, 2.45) is 0 Å². The van der Waals surface area contributed by atoms with Gasteiger partial charge in [-0.3, -0.25) is 9.10 Å². The summed E-state index contributed by atoms with van der Waals surface area (Å²) in [6.07, 6.45) is 0. The van der Waals surface area contributed by atoms with Gasteiger partial charge in [-0.2, -0.15) is 0 Å². The molecule has 1 aliphatic heterocycles. The highest BCUT2D eigenvalue weighted by Crippen LogP contribution is 2.27. The highest BCUT2D eigenvalue weighted by Gasteiger charge is 2.26. The number of hydrogen-bond acceptors (Lipinski definition) is 2. The minimum Gasteiger partial charge on any atom is -0.271 e. The molecule has 3 heteroatoms. The van der Waals surface area contributed by atoms with Crippen LogP contribution in [0.2, 0.25) is 0 Å². The average Bonchev–Trinajstić information content (AvgIpc) is 1.79. The first-order chi connectivity index (χ1) is 2.30. The molecule has 1 amide bonds. The lowest BCUT2D eigenvalue weighted by Gasteiger charge is -1.63. The van der Waals surface area contributed by atoms with Gasteiger partial charge >= 0.3 is 5.24 Å². The van der Waals surface area contributed by atoms with E-state index in [0.717, 1.165) is 0 Å². The summed E-state index contributed by atoms with van der Waals surface area (Å²) in [5, 5.41) is 0.171. The van der Waals surface area contributed by atoms with E-state index in [2.05, 4.69) is 0 Å². The number of hydrogen-bond donors (Lipinski definition) is 0. The second-order valence-electron chi connectivity index (χ2n) is 0.855. The van der Waals surface area contributed by atoms with Crippen LogP contribution in [0.1, 0.15) is 0 Å². The largest absolute Gasteiger partial charge is 0.312 e. The minimum absolute atomic E-state index is 0.171. The Morgan fingerprint density at radius 3 is 2.20 bits per heavy atom. The topological polar surface area (TPSA) is 20.1 Å². The molecule has 0 N–H and O–H groups in total. The highest BCUT2D eigenvalue weighted by atomic mass is 32.2. The second-order valence-corrected chi connectivity index (χ2v) is 1.93. The Balaban J connectivity index is 2.47. The molecule has 0 aromatic heterocycles. The molecule has 1 rings (SSSR count). The third-order valence-corrected chi connectivity index (χ3v) is 1.14. The van der Waals surface area contributed by atoms with Gasteiger partial charge in [-0.15, -0.1) is 0 Å². The van der Waals surface area contributed by atoms with E-state index in [1.165, 1.54) is 11.9 Å². The maximum Gasteiger partial charge on any atom is 0.312 e. The van der Waals surface area contributed by atoms with Gasteiger partial charge < -0.3 is 0 Å². The van der Waals surface area contributed by atoms with Gasteiger partial charge in [-0.25, -0.2) is 0 Å². The molecular formula is C2H3NOS. The zero-order chi connectivity index (χ0) is 3.86. The van der Waals surface area contributed by atoms with E-state index in [-0.39, 0.29) is 5.24 Å². The van der Waals surface area contributed by atoms with Gasteiger partial charge in [0.15, 0.2) is 0 Å². The summed E-state index contributed by atoms with van der Waals surface area (Å²) in [6.45, 7) is 0. The van der Waals surface area contributed by atoms with E-state index in [1.807, 2.05) is 0 Å². The maximum absolute atomic E-state index is 9.78. The quantitative estimate of drug-likeness (QED) is 0.321. The van der Waals surface area contributed by atoms with E-state index in [0.29, 0.717) is 0 Å². The van der Waals surface area contributed by atoms with Gasteiger partial charge in [0.05, 0.1) is 11.9 Å². The van der Waals surface area contributed by atoms with Crippen LogP contribution in [0.25, 0.3) is 0 Å². The Bertz CT molecular complexity index is 72.0. The van der Waals surface area contributed by atoms with Gasteiger partial charge in [-0.05, 0) is 0 Å². The van der Waals surface area contributed by atoms with E-state index in [4.69, 9.17) is 0 Å². The Kier molecular flexibility index (Phi) is 0.395. The van der Waals surface area contributed by atoms with Crippen molar-refractivity contribution in [1.29, 1.82) is 0 Å². The average molecular weight is 89.1 g/mol. The van der Waals surface area contributed by atoms with Gasteiger partial charge in [0.1, 0.15) is 0 Å². The Morgan fingerprint density at radius 2 is 2.20 bits per heavy atom. The molecule has 1 fully saturated rings. The number of amides is 1. The van der Waals surface area contributed by atoms with Crippen LogP contribution in [0.4, 0.5) is 4.79 Å². The van der Waals surface area contributed by atoms with Crippen LogP contribution in [0.15, 0.2) is 0 Å². The monoisotopic (exact) mass is 89.0 g/mol. The fourth-order valence-electron chi connectivity index (χ4n) is 0.0967. The molecule has 0 radical (unpaired) electrons. The third-order valence-electron chi connectivity index (χ3n) is 0.440. The molecule has 1 aliphatic rings. The number of rotatable bonds is 0. The van der Waals surface area contributed by atoms with Crippen molar-refractivity contribution >= 4 is 17.2 Å². The van der Waals surface area contributed by atoms with E-state index in [1.54, 1.807) is 11.4 Å². The lowest BCUT2D eigenvalue weighted by atomic mass is 11.2. The third kappa shape index (κ3) is 0.374. The lowest BCUT2D eigenvalue weighted by molar-refractivity contribution is 0.261. The molecular weight excluding hydrogens is 86.1 g/mol. The number of nitrogens with zero attached hydrogens (tertiary/aromatic N) is 1. The Labute approximate surface area is 34.3 Å². The van der Waals surface area contributed by atoms with Crippen molar-refractivity contribution < 1.29 is 4.79 Å². The number of carbonyl (C=O) groups excluding carboxylic acids is 1. The first-order valence-electron chi connectivity index (χ1n) is 1.26. The summed E-state index contributed by atoms with van der Waals surface area (Å²) >= 11 is 1.24. The standard InChI is InChI=1S/C2H3NOS/c1-3-2(4)5-3/h1H3. The zero-order valence-corrected chi connectivity index (χ0v) is 3.58. The molecule has 0 aromatic rings. The van der Waals surface area contributed by atoms with E-state index >= 15 is 0 Å². The van der Waals surface area contributed by atoms with Crippen LogP contribution in [0, 0.1) is 0 Å². The fraction of sp³-hybridized carbons (Fsp3) is 0.500. The van der Waals surface area contributed by atoms with Gasteiger partial charge in [-0.1, -0.05) is 0 Å². The van der Waals surface area contributed by atoms with Gasteiger partial charge in [0.2, 0.25) is 0 Å². The minimum atomic E-state index is 0.171. The molecule has 0 aromatic carbocycles. The normalized spacial score (nSPS) is 20.2. The SMILES string of the molecule is CN1SC1=O. The van der Waals surface area contributed by atoms with Crippen LogP contribution in [0.3, 0.4) is 0 Å². The maximum atomic E-state index is 9.78. The van der Waals surface area contributed by atoms with Crippen LogP contribution in [-0.2, 0) is 0 Å². The summed E-state index contributed by atoms with van der Waals surface area (Å²) in [5.41, 5.74) is 0. The summed E-state index contributed by atoms with van der Waals surface area (Å²) in [5.74, 6) is 0.